The maximum absolute atomic E-state index is 10.2. The third kappa shape index (κ3) is 1.81. The van der Waals surface area contributed by atoms with Crippen LogP contribution in [0, 0.1) is 4.91 Å². The summed E-state index contributed by atoms with van der Waals surface area (Å²) in [5, 5.41) is 11.8. The number of hydrogen-bond donors (Lipinski definition) is 1. The van der Waals surface area contributed by atoms with Gasteiger partial charge in [0, 0.05) is 0 Å². The molecule has 0 aliphatic carbocycles. The highest BCUT2D eigenvalue weighted by molar-refractivity contribution is 5.52. The quantitative estimate of drug-likeness (QED) is 0.700. The van der Waals surface area contributed by atoms with E-state index >= 15 is 0 Å². The molecule has 0 saturated carbocycles. The summed E-state index contributed by atoms with van der Waals surface area (Å²) < 4.78 is 0. The molecule has 0 atom stereocenters. The van der Waals surface area contributed by atoms with Crippen molar-refractivity contribution in [3.63, 3.8) is 0 Å². The Balaban J connectivity index is 2.96. The summed E-state index contributed by atoms with van der Waals surface area (Å²) in [6.45, 7) is 2.06. The predicted octanol–water partition coefficient (Wildman–Crippen LogP) is 2.74. The van der Waals surface area contributed by atoms with E-state index in [1.807, 2.05) is 0 Å². The van der Waals surface area contributed by atoms with Crippen molar-refractivity contribution in [2.24, 2.45) is 5.18 Å². The fourth-order valence-electron chi connectivity index (χ4n) is 1.09. The minimum absolute atomic E-state index is 0.0511. The van der Waals surface area contributed by atoms with Crippen LogP contribution in [-0.2, 0) is 6.42 Å². The van der Waals surface area contributed by atoms with Gasteiger partial charge in [0.1, 0.15) is 11.4 Å². The smallest absolute Gasteiger partial charge is 0.149 e. The van der Waals surface area contributed by atoms with Crippen molar-refractivity contribution in [3.05, 3.63) is 28.7 Å². The molecule has 1 rings (SSSR count). The van der Waals surface area contributed by atoms with Gasteiger partial charge in [0.2, 0.25) is 0 Å². The number of nitrogens with zero attached hydrogens (tertiary/aromatic N) is 1. The Morgan fingerprint density at radius 2 is 2.25 bits per heavy atom. The van der Waals surface area contributed by atoms with Crippen molar-refractivity contribution in [3.8, 4) is 5.75 Å². The van der Waals surface area contributed by atoms with Crippen LogP contribution in [0.5, 0.6) is 5.75 Å². The second-order valence-corrected chi connectivity index (χ2v) is 2.66. The Labute approximate surface area is 71.0 Å². The topological polar surface area (TPSA) is 49.7 Å². The average molecular weight is 165 g/mol. The molecule has 0 aliphatic heterocycles. The van der Waals surface area contributed by atoms with Crippen LogP contribution < -0.4 is 0 Å². The van der Waals surface area contributed by atoms with Crippen molar-refractivity contribution in [2.75, 3.05) is 0 Å². The number of phenolic OH excluding ortho intramolecular Hbond substituents is 1. The minimum Gasteiger partial charge on any atom is -0.506 e. The van der Waals surface area contributed by atoms with E-state index in [0.29, 0.717) is 0 Å². The molecule has 0 amide bonds. The van der Waals surface area contributed by atoms with Gasteiger partial charge < -0.3 is 5.11 Å². The molecule has 0 aromatic heterocycles. The average Bonchev–Trinajstić information content (AvgIpc) is 2.09. The number of phenols is 1. The van der Waals surface area contributed by atoms with Crippen molar-refractivity contribution in [1.82, 2.24) is 0 Å². The van der Waals surface area contributed by atoms with E-state index in [1.54, 1.807) is 12.1 Å². The number of hydrogen-bond acceptors (Lipinski definition) is 3. The first-order valence-electron chi connectivity index (χ1n) is 3.93. The molecule has 0 spiro atoms. The molecular formula is C9H11NO2. The summed E-state index contributed by atoms with van der Waals surface area (Å²) in [7, 11) is 0. The van der Waals surface area contributed by atoms with Gasteiger partial charge in [0.05, 0.1) is 0 Å². The lowest BCUT2D eigenvalue weighted by atomic mass is 10.1. The van der Waals surface area contributed by atoms with Gasteiger partial charge in [-0.3, -0.25) is 0 Å². The van der Waals surface area contributed by atoms with Gasteiger partial charge in [0.15, 0.2) is 0 Å². The number of rotatable bonds is 3. The molecule has 1 N–H and O–H groups in total. The molecule has 3 heteroatoms. The Bertz CT molecular complexity index is 284. The number of nitroso groups, excluding NO2 is 1. The van der Waals surface area contributed by atoms with Gasteiger partial charge in [0.25, 0.3) is 0 Å². The number of aryl methyl sites for hydroxylation is 1. The third-order valence-corrected chi connectivity index (χ3v) is 1.68. The largest absolute Gasteiger partial charge is 0.506 e. The molecule has 3 nitrogen and oxygen atoms in total. The summed E-state index contributed by atoms with van der Waals surface area (Å²) >= 11 is 0. The fourth-order valence-corrected chi connectivity index (χ4v) is 1.09. The van der Waals surface area contributed by atoms with Crippen LogP contribution in [0.2, 0.25) is 0 Å². The van der Waals surface area contributed by atoms with Crippen molar-refractivity contribution in [2.45, 2.75) is 19.8 Å². The second kappa shape index (κ2) is 3.85. The van der Waals surface area contributed by atoms with Crippen LogP contribution in [-0.4, -0.2) is 5.11 Å². The first-order chi connectivity index (χ1) is 5.77. The lowest BCUT2D eigenvalue weighted by Gasteiger charge is -1.99. The van der Waals surface area contributed by atoms with Gasteiger partial charge in [-0.1, -0.05) is 19.4 Å². The van der Waals surface area contributed by atoms with E-state index in [2.05, 4.69) is 12.1 Å². The maximum atomic E-state index is 10.2. The maximum Gasteiger partial charge on any atom is 0.149 e. The van der Waals surface area contributed by atoms with Crippen LogP contribution in [0.1, 0.15) is 18.9 Å². The lowest BCUT2D eigenvalue weighted by Crippen LogP contribution is -1.81. The zero-order valence-corrected chi connectivity index (χ0v) is 6.95. The van der Waals surface area contributed by atoms with Gasteiger partial charge in [-0.05, 0) is 29.3 Å². The van der Waals surface area contributed by atoms with Crippen molar-refractivity contribution >= 4 is 5.69 Å². The molecule has 0 aliphatic rings. The first-order valence-corrected chi connectivity index (χ1v) is 3.93. The van der Waals surface area contributed by atoms with Crippen LogP contribution in [0.4, 0.5) is 5.69 Å². The molecular weight excluding hydrogens is 154 g/mol. The monoisotopic (exact) mass is 165 g/mol. The number of benzene rings is 1. The highest BCUT2D eigenvalue weighted by Crippen LogP contribution is 2.27. The van der Waals surface area contributed by atoms with E-state index in [4.69, 9.17) is 5.11 Å². The summed E-state index contributed by atoms with van der Waals surface area (Å²) in [5.74, 6) is -0.0511. The van der Waals surface area contributed by atoms with Crippen LogP contribution in [0.15, 0.2) is 23.4 Å². The normalized spacial score (nSPS) is 9.75. The standard InChI is InChI=1S/C9H11NO2/c1-2-3-7-4-5-9(11)8(6-7)10-12/h4-6,11H,2-3H2,1H3. The molecule has 1 aromatic carbocycles. The molecule has 12 heavy (non-hydrogen) atoms. The second-order valence-electron chi connectivity index (χ2n) is 2.66. The Hall–Kier alpha value is -1.38. The van der Waals surface area contributed by atoms with Gasteiger partial charge >= 0.3 is 0 Å². The van der Waals surface area contributed by atoms with Crippen LogP contribution in [0.25, 0.3) is 0 Å². The van der Waals surface area contributed by atoms with Crippen LogP contribution >= 0.6 is 0 Å². The molecule has 1 aromatic rings. The van der Waals surface area contributed by atoms with Gasteiger partial charge in [-0.15, -0.1) is 4.91 Å². The Morgan fingerprint density at radius 3 is 2.83 bits per heavy atom. The van der Waals surface area contributed by atoms with E-state index in [0.717, 1.165) is 18.4 Å². The molecule has 0 heterocycles. The van der Waals surface area contributed by atoms with E-state index < -0.39 is 0 Å². The van der Waals surface area contributed by atoms with E-state index in [-0.39, 0.29) is 11.4 Å². The zero-order valence-electron chi connectivity index (χ0n) is 6.95. The number of aromatic hydroxyl groups is 1. The highest BCUT2D eigenvalue weighted by atomic mass is 16.3. The minimum atomic E-state index is -0.0511. The lowest BCUT2D eigenvalue weighted by molar-refractivity contribution is 0.476. The van der Waals surface area contributed by atoms with Gasteiger partial charge in [-0.25, -0.2) is 0 Å². The van der Waals surface area contributed by atoms with Crippen LogP contribution in [0.3, 0.4) is 0 Å². The summed E-state index contributed by atoms with van der Waals surface area (Å²) in [5.41, 5.74) is 1.16. The molecule has 0 unspecified atom stereocenters. The Morgan fingerprint density at radius 1 is 1.50 bits per heavy atom. The summed E-state index contributed by atoms with van der Waals surface area (Å²) in [6.07, 6.45) is 1.92. The Kier molecular flexibility index (Phi) is 2.80. The fraction of sp³-hybridized carbons (Fsp3) is 0.333. The van der Waals surface area contributed by atoms with E-state index in [9.17, 15) is 4.91 Å². The van der Waals surface area contributed by atoms with Crippen molar-refractivity contribution < 1.29 is 5.11 Å². The molecule has 64 valence electrons. The highest BCUT2D eigenvalue weighted by Gasteiger charge is 2.01. The van der Waals surface area contributed by atoms with Gasteiger partial charge in [-0.2, -0.15) is 0 Å². The van der Waals surface area contributed by atoms with E-state index in [1.165, 1.54) is 6.07 Å². The SMILES string of the molecule is CCCc1ccc(O)c(N=O)c1. The zero-order chi connectivity index (χ0) is 8.97. The summed E-state index contributed by atoms with van der Waals surface area (Å²) in [6, 6.07) is 4.92. The molecule has 0 radical (unpaired) electrons. The van der Waals surface area contributed by atoms with Crippen molar-refractivity contribution in [1.29, 1.82) is 0 Å². The third-order valence-electron chi connectivity index (χ3n) is 1.68. The predicted molar refractivity (Wildman–Crippen MR) is 47.6 cm³/mol. The summed E-state index contributed by atoms with van der Waals surface area (Å²) in [4.78, 5) is 10.2. The molecule has 0 fully saturated rings. The molecule has 0 saturated heterocycles. The molecule has 0 bridgehead atoms. The first kappa shape index (κ1) is 8.71.